The molecule has 2 heteroatoms. The number of fused-ring (bicyclic) bond motifs is 21. The monoisotopic (exact) mass is 889 g/mol. The van der Waals surface area contributed by atoms with Crippen molar-refractivity contribution in [1.29, 1.82) is 0 Å². The molecule has 0 bridgehead atoms. The summed E-state index contributed by atoms with van der Waals surface area (Å²) in [5, 5.41) is 0. The summed E-state index contributed by atoms with van der Waals surface area (Å²) >= 11 is 0. The summed E-state index contributed by atoms with van der Waals surface area (Å²) in [6.07, 6.45) is 0.945. The van der Waals surface area contributed by atoms with Gasteiger partial charge in [-0.1, -0.05) is 218 Å². The second-order valence-electron chi connectivity index (χ2n) is 19.0. The van der Waals surface area contributed by atoms with Gasteiger partial charge in [-0.2, -0.15) is 0 Å². The maximum Gasteiger partial charge on any atom is 0.159 e. The lowest BCUT2D eigenvalue weighted by molar-refractivity contribution is 0.489. The molecule has 2 nitrogen and oxygen atoms in total. The smallest absolute Gasteiger partial charge is 0.159 e. The average molecular weight is 890 g/mol. The van der Waals surface area contributed by atoms with Gasteiger partial charge in [0.05, 0.1) is 16.8 Å². The summed E-state index contributed by atoms with van der Waals surface area (Å²) in [6, 6.07) is 92.1. The van der Waals surface area contributed by atoms with E-state index in [2.05, 4.69) is 254 Å². The molecule has 0 fully saturated rings. The SMILES string of the molecule is c1ccc(-c2ccccc2N(c2ccc3c(c2)-c2ccccc2-c2ccccc2C32c3ccccc3-c3c2ccc2c3-c3ccccc3C2)c2cccc3c2Oc2ccccc2-c2ccccc2-3)cc1. The Bertz CT molecular complexity index is 3980. The second-order valence-corrected chi connectivity index (χ2v) is 19.0. The minimum absolute atomic E-state index is 0.630. The number of hydrogen-bond acceptors (Lipinski definition) is 2. The first kappa shape index (κ1) is 39.1. The molecule has 0 saturated heterocycles. The highest BCUT2D eigenvalue weighted by atomic mass is 16.5. The highest BCUT2D eigenvalue weighted by Crippen LogP contribution is 2.65. The molecule has 1 aliphatic heterocycles. The predicted octanol–water partition coefficient (Wildman–Crippen LogP) is 17.8. The van der Waals surface area contributed by atoms with Gasteiger partial charge in [-0.25, -0.2) is 0 Å². The third kappa shape index (κ3) is 5.39. The van der Waals surface area contributed by atoms with Gasteiger partial charge in [0.25, 0.3) is 0 Å². The molecule has 70 heavy (non-hydrogen) atoms. The quantitative estimate of drug-likeness (QED) is 0.175. The predicted molar refractivity (Wildman–Crippen MR) is 287 cm³/mol. The van der Waals surface area contributed by atoms with E-state index in [1.165, 1.54) is 77.9 Å². The normalized spacial score (nSPS) is 14.7. The number of benzene rings is 11. The molecule has 0 N–H and O–H groups in total. The zero-order chi connectivity index (χ0) is 45.9. The molecule has 0 saturated carbocycles. The van der Waals surface area contributed by atoms with Gasteiger partial charge in [-0.3, -0.25) is 0 Å². The summed E-state index contributed by atoms with van der Waals surface area (Å²) in [7, 11) is 0. The number of rotatable bonds is 4. The van der Waals surface area contributed by atoms with Crippen LogP contribution < -0.4 is 9.64 Å². The summed E-state index contributed by atoms with van der Waals surface area (Å²) < 4.78 is 7.29. The molecule has 11 aromatic rings. The first-order valence-corrected chi connectivity index (χ1v) is 24.4. The van der Waals surface area contributed by atoms with E-state index in [1.807, 2.05) is 0 Å². The van der Waals surface area contributed by atoms with Gasteiger partial charge in [-0.15, -0.1) is 0 Å². The van der Waals surface area contributed by atoms with Crippen molar-refractivity contribution in [2.75, 3.05) is 4.90 Å². The molecule has 11 aromatic carbocycles. The fourth-order valence-electron chi connectivity index (χ4n) is 12.7. The summed E-state index contributed by atoms with van der Waals surface area (Å²) in [5.74, 6) is 1.65. The van der Waals surface area contributed by atoms with Gasteiger partial charge in [0.15, 0.2) is 5.75 Å². The molecular weight excluding hydrogens is 847 g/mol. The van der Waals surface area contributed by atoms with Crippen LogP contribution in [0.1, 0.15) is 33.4 Å². The van der Waals surface area contributed by atoms with Crippen LogP contribution >= 0.6 is 0 Å². The van der Waals surface area contributed by atoms with Crippen LogP contribution in [0.15, 0.2) is 249 Å². The van der Waals surface area contributed by atoms with Gasteiger partial charge >= 0.3 is 0 Å². The Kier molecular flexibility index (Phi) is 8.38. The average Bonchev–Trinajstić information content (AvgIpc) is 3.87. The third-order valence-corrected chi connectivity index (χ3v) is 15.5. The fraction of sp³-hybridized carbons (Fsp3) is 0.0294. The first-order valence-electron chi connectivity index (χ1n) is 24.4. The standard InChI is InChI=1S/C68H43NO/c1-2-19-43(20-3-1)47-22-12-16-34-62(47)69(63-35-18-31-55-51-26-8-7-25-50(51)54-29-13-17-36-64(54)70-67(55)63)46-38-40-60-57(42-46)52-27-9-6-24-49(52)53-28-10-14-32-58(53)68(60)59-33-15-11-30-56(59)66-61(68)39-37-45-41-44-21-4-5-23-48(44)65(45)66/h1-40,42H,41H2. The molecular formula is C68H43NO. The van der Waals surface area contributed by atoms with Crippen LogP contribution in [0.3, 0.4) is 0 Å². The Morgan fingerprint density at radius 1 is 0.314 bits per heavy atom. The lowest BCUT2D eigenvalue weighted by Gasteiger charge is -2.36. The van der Waals surface area contributed by atoms with E-state index in [0.29, 0.717) is 0 Å². The molecule has 1 unspecified atom stereocenters. The summed E-state index contributed by atoms with van der Waals surface area (Å²) in [6.45, 7) is 0. The molecule has 1 atom stereocenters. The number of hydrogen-bond donors (Lipinski definition) is 0. The third-order valence-electron chi connectivity index (χ3n) is 15.5. The van der Waals surface area contributed by atoms with E-state index in [1.54, 1.807) is 0 Å². The topological polar surface area (TPSA) is 12.5 Å². The molecule has 0 radical (unpaired) electrons. The highest BCUT2D eigenvalue weighted by molar-refractivity contribution is 6.04. The maximum atomic E-state index is 7.29. The number of ether oxygens (including phenoxy) is 1. The van der Waals surface area contributed by atoms with E-state index in [-0.39, 0.29) is 0 Å². The van der Waals surface area contributed by atoms with Crippen molar-refractivity contribution < 1.29 is 4.74 Å². The van der Waals surface area contributed by atoms with Crippen molar-refractivity contribution in [1.82, 2.24) is 0 Å². The molecule has 4 aliphatic rings. The second kappa shape index (κ2) is 15.0. The van der Waals surface area contributed by atoms with E-state index in [4.69, 9.17) is 4.74 Å². The van der Waals surface area contributed by atoms with Gasteiger partial charge in [-0.05, 0) is 131 Å². The van der Waals surface area contributed by atoms with Gasteiger partial charge in [0.2, 0.25) is 0 Å². The minimum atomic E-state index is -0.630. The first-order chi connectivity index (χ1) is 34.8. The van der Waals surface area contributed by atoms with Crippen molar-refractivity contribution in [2.24, 2.45) is 0 Å². The number of para-hydroxylation sites is 3. The van der Waals surface area contributed by atoms with E-state index in [0.717, 1.165) is 68.4 Å². The van der Waals surface area contributed by atoms with Crippen LogP contribution in [0.4, 0.5) is 17.1 Å². The molecule has 3 aliphatic carbocycles. The summed E-state index contributed by atoms with van der Waals surface area (Å²) in [4.78, 5) is 2.45. The largest absolute Gasteiger partial charge is 0.454 e. The van der Waals surface area contributed by atoms with Crippen LogP contribution in [-0.2, 0) is 11.8 Å². The zero-order valence-electron chi connectivity index (χ0n) is 38.2. The van der Waals surface area contributed by atoms with Crippen LogP contribution in [0.25, 0.3) is 77.9 Å². The van der Waals surface area contributed by atoms with E-state index < -0.39 is 5.41 Å². The maximum absolute atomic E-state index is 7.29. The van der Waals surface area contributed by atoms with E-state index >= 15 is 0 Å². The van der Waals surface area contributed by atoms with Crippen LogP contribution in [0, 0.1) is 0 Å². The lowest BCUT2D eigenvalue weighted by atomic mass is 9.65. The minimum Gasteiger partial charge on any atom is -0.454 e. The lowest BCUT2D eigenvalue weighted by Crippen LogP contribution is -2.29. The van der Waals surface area contributed by atoms with Crippen LogP contribution in [-0.4, -0.2) is 0 Å². The zero-order valence-corrected chi connectivity index (χ0v) is 38.2. The van der Waals surface area contributed by atoms with Crippen LogP contribution in [0.2, 0.25) is 0 Å². The highest BCUT2D eigenvalue weighted by Gasteiger charge is 2.51. The van der Waals surface area contributed by atoms with Crippen molar-refractivity contribution in [2.45, 2.75) is 11.8 Å². The Morgan fingerprint density at radius 2 is 0.843 bits per heavy atom. The molecule has 1 spiro atoms. The van der Waals surface area contributed by atoms with Gasteiger partial charge < -0.3 is 9.64 Å². The molecule has 15 rings (SSSR count). The van der Waals surface area contributed by atoms with Crippen molar-refractivity contribution in [3.63, 3.8) is 0 Å². The molecule has 0 amide bonds. The fourth-order valence-corrected chi connectivity index (χ4v) is 12.7. The van der Waals surface area contributed by atoms with Gasteiger partial charge in [0.1, 0.15) is 5.75 Å². The molecule has 0 aromatic heterocycles. The molecule has 326 valence electrons. The Morgan fingerprint density at radius 3 is 1.63 bits per heavy atom. The Balaban J connectivity index is 1.05. The van der Waals surface area contributed by atoms with Crippen molar-refractivity contribution in [3.8, 4) is 89.4 Å². The van der Waals surface area contributed by atoms with E-state index in [9.17, 15) is 0 Å². The molecule has 1 heterocycles. The van der Waals surface area contributed by atoms with Crippen molar-refractivity contribution >= 4 is 17.1 Å². The van der Waals surface area contributed by atoms with Gasteiger partial charge in [0, 0.05) is 22.4 Å². The number of anilines is 3. The summed E-state index contributed by atoms with van der Waals surface area (Å²) in [5.41, 5.74) is 27.4. The van der Waals surface area contributed by atoms with Crippen LogP contribution in [0.5, 0.6) is 11.5 Å². The van der Waals surface area contributed by atoms with Crippen molar-refractivity contribution in [3.05, 3.63) is 282 Å². The Hall–Kier alpha value is -8.98. The Labute approximate surface area is 408 Å². The number of nitrogens with zero attached hydrogens (tertiary/aromatic N) is 1.